The number of carbonyl (C=O) groups is 1. The van der Waals surface area contributed by atoms with Crippen molar-refractivity contribution in [3.8, 4) is 0 Å². The predicted octanol–water partition coefficient (Wildman–Crippen LogP) is 4.75. The van der Waals surface area contributed by atoms with Crippen molar-refractivity contribution in [3.05, 3.63) is 0 Å². The molecule has 0 bridgehead atoms. The lowest BCUT2D eigenvalue weighted by Gasteiger charge is -2.19. The highest BCUT2D eigenvalue weighted by molar-refractivity contribution is 5.72. The van der Waals surface area contributed by atoms with Crippen LogP contribution in [-0.2, 0) is 9.53 Å². The molecular formula is C23H46O5. The SMILES string of the molecule is CCCCCCCCC(CCC(O)CCCCCCC)C(=O)OCC(O)CO. The minimum atomic E-state index is -1.02. The summed E-state index contributed by atoms with van der Waals surface area (Å²) in [4.78, 5) is 12.4. The van der Waals surface area contributed by atoms with Crippen molar-refractivity contribution in [1.82, 2.24) is 0 Å². The number of hydrogen-bond acceptors (Lipinski definition) is 5. The van der Waals surface area contributed by atoms with Crippen LogP contribution in [0.25, 0.3) is 0 Å². The number of unbranched alkanes of at least 4 members (excludes halogenated alkanes) is 9. The molecule has 5 heteroatoms. The zero-order chi connectivity index (χ0) is 21.0. The maximum Gasteiger partial charge on any atom is 0.309 e. The molecule has 0 aliphatic carbocycles. The van der Waals surface area contributed by atoms with E-state index in [0.717, 1.165) is 38.5 Å². The van der Waals surface area contributed by atoms with Crippen molar-refractivity contribution in [1.29, 1.82) is 0 Å². The maximum absolute atomic E-state index is 12.4. The van der Waals surface area contributed by atoms with Crippen LogP contribution >= 0.6 is 0 Å². The van der Waals surface area contributed by atoms with E-state index in [1.165, 1.54) is 44.9 Å². The Labute approximate surface area is 172 Å². The van der Waals surface area contributed by atoms with Crippen LogP contribution in [0.1, 0.15) is 110 Å². The largest absolute Gasteiger partial charge is 0.463 e. The Bertz CT molecular complexity index is 348. The normalized spacial score (nSPS) is 14.6. The van der Waals surface area contributed by atoms with Crippen molar-refractivity contribution < 1.29 is 24.9 Å². The third-order valence-corrected chi connectivity index (χ3v) is 5.36. The van der Waals surface area contributed by atoms with Gasteiger partial charge in [0.15, 0.2) is 0 Å². The lowest BCUT2D eigenvalue weighted by atomic mass is 9.93. The molecule has 0 spiro atoms. The van der Waals surface area contributed by atoms with Gasteiger partial charge in [0.25, 0.3) is 0 Å². The van der Waals surface area contributed by atoms with Gasteiger partial charge in [-0.25, -0.2) is 0 Å². The second kappa shape index (κ2) is 19.7. The molecule has 0 aliphatic rings. The molecule has 0 saturated heterocycles. The highest BCUT2D eigenvalue weighted by Gasteiger charge is 2.22. The van der Waals surface area contributed by atoms with Gasteiger partial charge >= 0.3 is 5.97 Å². The van der Waals surface area contributed by atoms with Gasteiger partial charge in [-0.3, -0.25) is 4.79 Å². The summed E-state index contributed by atoms with van der Waals surface area (Å²) in [6, 6.07) is 0. The second-order valence-corrected chi connectivity index (χ2v) is 8.15. The molecule has 0 aromatic heterocycles. The van der Waals surface area contributed by atoms with Crippen LogP contribution in [0.15, 0.2) is 0 Å². The van der Waals surface area contributed by atoms with Gasteiger partial charge in [0.2, 0.25) is 0 Å². The topological polar surface area (TPSA) is 87.0 Å². The minimum Gasteiger partial charge on any atom is -0.463 e. The molecule has 3 unspecified atom stereocenters. The number of ether oxygens (including phenoxy) is 1. The average Bonchev–Trinajstić information content (AvgIpc) is 2.70. The molecule has 3 atom stereocenters. The molecule has 0 heterocycles. The van der Waals surface area contributed by atoms with E-state index in [1.807, 2.05) is 0 Å². The molecule has 28 heavy (non-hydrogen) atoms. The Morgan fingerprint density at radius 3 is 1.82 bits per heavy atom. The molecule has 5 nitrogen and oxygen atoms in total. The van der Waals surface area contributed by atoms with Crippen LogP contribution in [-0.4, -0.2) is 46.7 Å². The van der Waals surface area contributed by atoms with Crippen LogP contribution in [0.5, 0.6) is 0 Å². The smallest absolute Gasteiger partial charge is 0.309 e. The van der Waals surface area contributed by atoms with E-state index in [9.17, 15) is 15.0 Å². The lowest BCUT2D eigenvalue weighted by molar-refractivity contribution is -0.153. The monoisotopic (exact) mass is 402 g/mol. The molecule has 0 saturated carbocycles. The first-order chi connectivity index (χ1) is 13.5. The summed E-state index contributed by atoms with van der Waals surface area (Å²) in [5, 5.41) is 28.5. The van der Waals surface area contributed by atoms with E-state index in [2.05, 4.69) is 13.8 Å². The predicted molar refractivity (Wildman–Crippen MR) is 114 cm³/mol. The lowest BCUT2D eigenvalue weighted by Crippen LogP contribution is -2.26. The second-order valence-electron chi connectivity index (χ2n) is 8.15. The molecule has 0 rings (SSSR count). The van der Waals surface area contributed by atoms with Gasteiger partial charge < -0.3 is 20.1 Å². The maximum atomic E-state index is 12.4. The quantitative estimate of drug-likeness (QED) is 0.202. The third kappa shape index (κ3) is 16.3. The first-order valence-corrected chi connectivity index (χ1v) is 11.7. The van der Waals surface area contributed by atoms with Crippen molar-refractivity contribution in [3.63, 3.8) is 0 Å². The van der Waals surface area contributed by atoms with Crippen LogP contribution in [0.2, 0.25) is 0 Å². The van der Waals surface area contributed by atoms with Crippen LogP contribution in [0, 0.1) is 5.92 Å². The van der Waals surface area contributed by atoms with Gasteiger partial charge in [-0.15, -0.1) is 0 Å². The number of aliphatic hydroxyl groups excluding tert-OH is 3. The summed E-state index contributed by atoms with van der Waals surface area (Å²) in [6.45, 7) is 3.81. The molecular weight excluding hydrogens is 356 g/mol. The average molecular weight is 403 g/mol. The first kappa shape index (κ1) is 27.4. The van der Waals surface area contributed by atoms with Gasteiger partial charge in [0.05, 0.1) is 18.6 Å². The molecule has 3 N–H and O–H groups in total. The van der Waals surface area contributed by atoms with Gasteiger partial charge in [-0.2, -0.15) is 0 Å². The molecule has 0 radical (unpaired) electrons. The molecule has 168 valence electrons. The highest BCUT2D eigenvalue weighted by Crippen LogP contribution is 2.21. The fraction of sp³-hybridized carbons (Fsp3) is 0.957. The van der Waals surface area contributed by atoms with Gasteiger partial charge in [-0.1, -0.05) is 84.5 Å². The molecule has 0 amide bonds. The Morgan fingerprint density at radius 2 is 1.25 bits per heavy atom. The van der Waals surface area contributed by atoms with Crippen LogP contribution < -0.4 is 0 Å². The summed E-state index contributed by atoms with van der Waals surface area (Å²) >= 11 is 0. The summed E-state index contributed by atoms with van der Waals surface area (Å²) in [5.74, 6) is -0.539. The first-order valence-electron chi connectivity index (χ1n) is 11.7. The molecule has 0 fully saturated rings. The van der Waals surface area contributed by atoms with Crippen LogP contribution in [0.3, 0.4) is 0 Å². The van der Waals surface area contributed by atoms with E-state index >= 15 is 0 Å². The summed E-state index contributed by atoms with van der Waals surface area (Å²) in [6.07, 6.45) is 14.3. The Kier molecular flexibility index (Phi) is 19.2. The number of aliphatic hydroxyl groups is 3. The Morgan fingerprint density at radius 1 is 0.714 bits per heavy atom. The van der Waals surface area contributed by atoms with Crippen molar-refractivity contribution >= 4 is 5.97 Å². The molecule has 0 aliphatic heterocycles. The fourth-order valence-electron chi connectivity index (χ4n) is 3.42. The molecule has 0 aromatic rings. The summed E-state index contributed by atoms with van der Waals surface area (Å²) < 4.78 is 5.18. The van der Waals surface area contributed by atoms with E-state index in [0.29, 0.717) is 12.8 Å². The van der Waals surface area contributed by atoms with Crippen molar-refractivity contribution in [2.75, 3.05) is 13.2 Å². The van der Waals surface area contributed by atoms with Gasteiger partial charge in [-0.05, 0) is 25.7 Å². The van der Waals surface area contributed by atoms with Crippen molar-refractivity contribution in [2.24, 2.45) is 5.92 Å². The number of carbonyl (C=O) groups excluding carboxylic acids is 1. The third-order valence-electron chi connectivity index (χ3n) is 5.36. The standard InChI is InChI=1S/C23H46O5/c1-3-5-7-9-11-12-14-20(23(27)28-19-22(26)18-24)16-17-21(25)15-13-10-8-6-4-2/h20-22,24-26H,3-19H2,1-2H3. The van der Waals surface area contributed by atoms with Crippen molar-refractivity contribution in [2.45, 2.75) is 122 Å². The van der Waals surface area contributed by atoms with Crippen LogP contribution in [0.4, 0.5) is 0 Å². The van der Waals surface area contributed by atoms with E-state index in [4.69, 9.17) is 9.84 Å². The Balaban J connectivity index is 4.24. The number of esters is 1. The zero-order valence-corrected chi connectivity index (χ0v) is 18.4. The summed E-state index contributed by atoms with van der Waals surface area (Å²) in [7, 11) is 0. The van der Waals surface area contributed by atoms with Gasteiger partial charge in [0, 0.05) is 0 Å². The molecule has 0 aromatic carbocycles. The minimum absolute atomic E-state index is 0.164. The number of rotatable bonds is 20. The fourth-order valence-corrected chi connectivity index (χ4v) is 3.42. The van der Waals surface area contributed by atoms with Gasteiger partial charge in [0.1, 0.15) is 12.7 Å². The zero-order valence-electron chi connectivity index (χ0n) is 18.4. The van der Waals surface area contributed by atoms with E-state index in [1.54, 1.807) is 0 Å². The van der Waals surface area contributed by atoms with E-state index in [-0.39, 0.29) is 24.6 Å². The number of hydrogen-bond donors (Lipinski definition) is 3. The van der Waals surface area contributed by atoms with E-state index < -0.39 is 12.7 Å². The highest BCUT2D eigenvalue weighted by atomic mass is 16.5. The summed E-state index contributed by atoms with van der Waals surface area (Å²) in [5.41, 5.74) is 0. The Hall–Kier alpha value is -0.650.